The summed E-state index contributed by atoms with van der Waals surface area (Å²) < 4.78 is 28.0. The van der Waals surface area contributed by atoms with Crippen LogP contribution in [0.2, 0.25) is 0 Å². The summed E-state index contributed by atoms with van der Waals surface area (Å²) in [4.78, 5) is 12.5. The molecule has 1 aliphatic carbocycles. The number of hydrogen-bond acceptors (Lipinski definition) is 3. The van der Waals surface area contributed by atoms with Gasteiger partial charge in [0.2, 0.25) is 10.0 Å². The quantitative estimate of drug-likeness (QED) is 0.826. The highest BCUT2D eigenvalue weighted by atomic mass is 32.2. The Morgan fingerprint density at radius 3 is 2.50 bits per heavy atom. The average molecular weight is 353 g/mol. The van der Waals surface area contributed by atoms with Crippen LogP contribution in [0.3, 0.4) is 0 Å². The van der Waals surface area contributed by atoms with Crippen LogP contribution in [0.1, 0.15) is 61.9 Å². The van der Waals surface area contributed by atoms with Crippen LogP contribution in [-0.2, 0) is 10.0 Å². The SMILES string of the molecule is Cc1ccc(S(=O)(=O)NC2CCCCC2)cc1C(=O)NCC(C)C. The molecule has 1 aromatic rings. The number of nitrogens with one attached hydrogen (secondary N) is 2. The third-order valence-corrected chi connectivity index (χ3v) is 5.88. The Morgan fingerprint density at radius 1 is 1.21 bits per heavy atom. The summed E-state index contributed by atoms with van der Waals surface area (Å²) >= 11 is 0. The Balaban J connectivity index is 2.17. The highest BCUT2D eigenvalue weighted by molar-refractivity contribution is 7.89. The van der Waals surface area contributed by atoms with Crippen molar-refractivity contribution in [2.75, 3.05) is 6.54 Å². The minimum absolute atomic E-state index is 0.00303. The second-order valence-corrected chi connectivity index (χ2v) is 8.75. The molecule has 1 aromatic carbocycles. The molecule has 0 spiro atoms. The molecule has 0 aliphatic heterocycles. The molecule has 0 saturated heterocycles. The maximum Gasteiger partial charge on any atom is 0.251 e. The molecule has 6 heteroatoms. The number of sulfonamides is 1. The van der Waals surface area contributed by atoms with E-state index in [1.54, 1.807) is 12.1 Å². The third kappa shape index (κ3) is 5.05. The smallest absolute Gasteiger partial charge is 0.251 e. The molecule has 0 bridgehead atoms. The predicted molar refractivity (Wildman–Crippen MR) is 95.5 cm³/mol. The lowest BCUT2D eigenvalue weighted by molar-refractivity contribution is 0.0948. The molecule has 1 aliphatic rings. The zero-order chi connectivity index (χ0) is 17.7. The highest BCUT2D eigenvalue weighted by Gasteiger charge is 2.23. The van der Waals surface area contributed by atoms with Gasteiger partial charge in [0.1, 0.15) is 0 Å². The van der Waals surface area contributed by atoms with E-state index in [9.17, 15) is 13.2 Å². The van der Waals surface area contributed by atoms with Crippen LogP contribution in [0.4, 0.5) is 0 Å². The summed E-state index contributed by atoms with van der Waals surface area (Å²) in [5, 5.41) is 2.85. The van der Waals surface area contributed by atoms with E-state index in [0.717, 1.165) is 31.2 Å². The van der Waals surface area contributed by atoms with Crippen molar-refractivity contribution < 1.29 is 13.2 Å². The van der Waals surface area contributed by atoms with Crippen molar-refractivity contribution in [3.05, 3.63) is 29.3 Å². The van der Waals surface area contributed by atoms with Gasteiger partial charge in [0.05, 0.1) is 4.90 Å². The molecular weight excluding hydrogens is 324 g/mol. The molecule has 0 heterocycles. The van der Waals surface area contributed by atoms with Crippen molar-refractivity contribution in [1.82, 2.24) is 10.0 Å². The van der Waals surface area contributed by atoms with Crippen LogP contribution >= 0.6 is 0 Å². The number of rotatable bonds is 6. The van der Waals surface area contributed by atoms with Gasteiger partial charge in [0.25, 0.3) is 5.91 Å². The number of amides is 1. The molecule has 1 amide bonds. The first-order valence-corrected chi connectivity index (χ1v) is 10.2. The summed E-state index contributed by atoms with van der Waals surface area (Å²) in [6, 6.07) is 4.75. The molecule has 24 heavy (non-hydrogen) atoms. The zero-order valence-corrected chi connectivity index (χ0v) is 15.6. The van der Waals surface area contributed by atoms with Crippen molar-refractivity contribution in [1.29, 1.82) is 0 Å². The van der Waals surface area contributed by atoms with Gasteiger partial charge in [0, 0.05) is 18.2 Å². The van der Waals surface area contributed by atoms with Crippen molar-refractivity contribution in [2.24, 2.45) is 5.92 Å². The second-order valence-electron chi connectivity index (χ2n) is 7.04. The lowest BCUT2D eigenvalue weighted by Crippen LogP contribution is -2.36. The van der Waals surface area contributed by atoms with E-state index in [0.29, 0.717) is 18.0 Å². The fourth-order valence-electron chi connectivity index (χ4n) is 2.91. The van der Waals surface area contributed by atoms with Gasteiger partial charge in [-0.3, -0.25) is 4.79 Å². The molecule has 0 aromatic heterocycles. The van der Waals surface area contributed by atoms with Crippen molar-refractivity contribution in [3.8, 4) is 0 Å². The molecular formula is C18H28N2O3S. The Bertz CT molecular complexity index is 678. The first-order valence-electron chi connectivity index (χ1n) is 8.71. The molecule has 0 radical (unpaired) electrons. The summed E-state index contributed by atoms with van der Waals surface area (Å²) in [7, 11) is -3.59. The van der Waals surface area contributed by atoms with Crippen LogP contribution in [0.5, 0.6) is 0 Å². The normalized spacial score (nSPS) is 16.3. The molecule has 1 fully saturated rings. The van der Waals surface area contributed by atoms with Gasteiger partial charge in [-0.1, -0.05) is 39.2 Å². The molecule has 0 atom stereocenters. The lowest BCUT2D eigenvalue weighted by Gasteiger charge is -2.22. The number of benzene rings is 1. The minimum Gasteiger partial charge on any atom is -0.352 e. The summed E-state index contributed by atoms with van der Waals surface area (Å²) in [5.74, 6) is 0.116. The Labute approximate surface area is 145 Å². The molecule has 5 nitrogen and oxygen atoms in total. The van der Waals surface area contributed by atoms with E-state index in [-0.39, 0.29) is 16.8 Å². The topological polar surface area (TPSA) is 75.3 Å². The first kappa shape index (κ1) is 18.9. The zero-order valence-electron chi connectivity index (χ0n) is 14.8. The average Bonchev–Trinajstić information content (AvgIpc) is 2.53. The largest absolute Gasteiger partial charge is 0.352 e. The van der Waals surface area contributed by atoms with E-state index in [2.05, 4.69) is 10.0 Å². The highest BCUT2D eigenvalue weighted by Crippen LogP contribution is 2.21. The third-order valence-electron chi connectivity index (χ3n) is 4.36. The fourth-order valence-corrected chi connectivity index (χ4v) is 4.24. The minimum atomic E-state index is -3.59. The van der Waals surface area contributed by atoms with Gasteiger partial charge in [0.15, 0.2) is 0 Å². The van der Waals surface area contributed by atoms with E-state index >= 15 is 0 Å². The molecule has 134 valence electrons. The van der Waals surface area contributed by atoms with E-state index in [1.165, 1.54) is 12.5 Å². The maximum atomic E-state index is 12.6. The van der Waals surface area contributed by atoms with Gasteiger partial charge in [-0.2, -0.15) is 0 Å². The van der Waals surface area contributed by atoms with E-state index in [4.69, 9.17) is 0 Å². The van der Waals surface area contributed by atoms with E-state index in [1.807, 2.05) is 20.8 Å². The van der Waals surface area contributed by atoms with Gasteiger partial charge in [-0.15, -0.1) is 0 Å². The summed E-state index contributed by atoms with van der Waals surface area (Å²) in [5.41, 5.74) is 1.19. The van der Waals surface area contributed by atoms with Gasteiger partial charge in [-0.25, -0.2) is 13.1 Å². The molecule has 1 saturated carbocycles. The molecule has 0 unspecified atom stereocenters. The molecule has 2 rings (SSSR count). The van der Waals surface area contributed by atoms with E-state index < -0.39 is 10.0 Å². The van der Waals surface area contributed by atoms with Crippen LogP contribution in [0, 0.1) is 12.8 Å². The van der Waals surface area contributed by atoms with Crippen molar-refractivity contribution in [3.63, 3.8) is 0 Å². The second kappa shape index (κ2) is 8.12. The standard InChI is InChI=1S/C18H28N2O3S/c1-13(2)12-19-18(21)17-11-16(10-9-14(17)3)24(22,23)20-15-7-5-4-6-8-15/h9-11,13,15,20H,4-8,12H2,1-3H3,(H,19,21). The van der Waals surface area contributed by atoms with Crippen LogP contribution in [0.15, 0.2) is 23.1 Å². The molecule has 2 N–H and O–H groups in total. The maximum absolute atomic E-state index is 12.6. The van der Waals surface area contributed by atoms with Gasteiger partial charge < -0.3 is 5.32 Å². The summed E-state index contributed by atoms with van der Waals surface area (Å²) in [6.45, 7) is 6.41. The van der Waals surface area contributed by atoms with Crippen molar-refractivity contribution >= 4 is 15.9 Å². The van der Waals surface area contributed by atoms with Crippen LogP contribution < -0.4 is 10.0 Å². The summed E-state index contributed by atoms with van der Waals surface area (Å²) in [6.07, 6.45) is 5.05. The van der Waals surface area contributed by atoms with Crippen LogP contribution in [0.25, 0.3) is 0 Å². The Morgan fingerprint density at radius 2 is 1.88 bits per heavy atom. The number of hydrogen-bond donors (Lipinski definition) is 2. The predicted octanol–water partition coefficient (Wildman–Crippen LogP) is 2.99. The fraction of sp³-hybridized carbons (Fsp3) is 0.611. The lowest BCUT2D eigenvalue weighted by atomic mass is 9.96. The number of carbonyl (C=O) groups is 1. The van der Waals surface area contributed by atoms with Gasteiger partial charge >= 0.3 is 0 Å². The van der Waals surface area contributed by atoms with Crippen molar-refractivity contribution in [2.45, 2.75) is 63.8 Å². The number of carbonyl (C=O) groups excluding carboxylic acids is 1. The monoisotopic (exact) mass is 352 g/mol. The first-order chi connectivity index (χ1) is 11.3. The number of aryl methyl sites for hydroxylation is 1. The Kier molecular flexibility index (Phi) is 6.40. The van der Waals surface area contributed by atoms with Gasteiger partial charge in [-0.05, 0) is 43.4 Å². The Hall–Kier alpha value is -1.40. The van der Waals surface area contributed by atoms with Crippen LogP contribution in [-0.4, -0.2) is 26.9 Å².